The van der Waals surface area contributed by atoms with E-state index in [1.165, 1.54) is 11.3 Å². The predicted molar refractivity (Wildman–Crippen MR) is 118 cm³/mol. The van der Waals surface area contributed by atoms with Gasteiger partial charge < -0.3 is 14.3 Å². The molecule has 1 saturated heterocycles. The molecule has 2 aliphatic rings. The van der Waals surface area contributed by atoms with Crippen LogP contribution in [-0.2, 0) is 17.6 Å². The van der Waals surface area contributed by atoms with E-state index >= 15 is 0 Å². The zero-order valence-electron chi connectivity index (χ0n) is 17.0. The fourth-order valence-electron chi connectivity index (χ4n) is 4.51. The lowest BCUT2D eigenvalue weighted by atomic mass is 9.95. The molecule has 0 bridgehead atoms. The van der Waals surface area contributed by atoms with Crippen LogP contribution in [0.5, 0.6) is 0 Å². The molecule has 30 heavy (non-hydrogen) atoms. The minimum atomic E-state index is 0.190. The summed E-state index contributed by atoms with van der Waals surface area (Å²) in [7, 11) is 0. The standard InChI is InChI=1S/C23H26N4O2S/c28-22(6-5-21-24-23(25-29-21)19-10-14-30-16-19)26-11-7-17(8-12-26)15-27-13-9-18-3-1-2-4-20(18)27/h1-4,10,14,16-17H,5-9,11-13,15H2. The Kier molecular flexibility index (Phi) is 5.53. The van der Waals surface area contributed by atoms with E-state index in [9.17, 15) is 4.79 Å². The molecule has 0 spiro atoms. The van der Waals surface area contributed by atoms with Crippen LogP contribution in [0.15, 0.2) is 45.6 Å². The Balaban J connectivity index is 1.08. The van der Waals surface area contributed by atoms with Crippen molar-refractivity contribution in [3.63, 3.8) is 0 Å². The van der Waals surface area contributed by atoms with Gasteiger partial charge in [-0.2, -0.15) is 16.3 Å². The monoisotopic (exact) mass is 422 g/mol. The van der Waals surface area contributed by atoms with Gasteiger partial charge in [-0.25, -0.2) is 0 Å². The maximum Gasteiger partial charge on any atom is 0.227 e. The topological polar surface area (TPSA) is 62.5 Å². The average Bonchev–Trinajstić information content (AvgIpc) is 3.54. The van der Waals surface area contributed by atoms with Crippen LogP contribution >= 0.6 is 11.3 Å². The number of para-hydroxylation sites is 1. The molecule has 156 valence electrons. The maximum atomic E-state index is 12.6. The smallest absolute Gasteiger partial charge is 0.227 e. The number of likely N-dealkylation sites (tertiary alicyclic amines) is 1. The number of carbonyl (C=O) groups excluding carboxylic acids is 1. The van der Waals surface area contributed by atoms with Gasteiger partial charge in [-0.3, -0.25) is 4.79 Å². The summed E-state index contributed by atoms with van der Waals surface area (Å²) in [5.41, 5.74) is 3.83. The van der Waals surface area contributed by atoms with Crippen LogP contribution in [0.1, 0.15) is 30.7 Å². The average molecular weight is 423 g/mol. The SMILES string of the molecule is O=C(CCc1nc(-c2ccsc2)no1)N1CCC(CN2CCc3ccccc32)CC1. The molecule has 0 saturated carbocycles. The first-order chi connectivity index (χ1) is 14.8. The molecule has 2 aliphatic heterocycles. The van der Waals surface area contributed by atoms with E-state index < -0.39 is 0 Å². The van der Waals surface area contributed by atoms with Crippen molar-refractivity contribution >= 4 is 22.9 Å². The van der Waals surface area contributed by atoms with Crippen LogP contribution < -0.4 is 4.90 Å². The van der Waals surface area contributed by atoms with E-state index in [1.807, 2.05) is 21.7 Å². The molecular formula is C23H26N4O2S. The number of thiophene rings is 1. The Morgan fingerprint density at radius 3 is 2.87 bits per heavy atom. The number of piperidine rings is 1. The molecule has 1 fully saturated rings. The lowest BCUT2D eigenvalue weighted by Crippen LogP contribution is -2.41. The highest BCUT2D eigenvalue weighted by Gasteiger charge is 2.27. The van der Waals surface area contributed by atoms with Crippen LogP contribution in [0.4, 0.5) is 5.69 Å². The number of hydrogen-bond acceptors (Lipinski definition) is 6. The molecule has 3 aromatic rings. The van der Waals surface area contributed by atoms with Crippen molar-refractivity contribution in [3.8, 4) is 11.4 Å². The molecule has 0 radical (unpaired) electrons. The molecule has 4 heterocycles. The van der Waals surface area contributed by atoms with Crippen molar-refractivity contribution < 1.29 is 9.32 Å². The first-order valence-corrected chi connectivity index (χ1v) is 11.7. The number of aryl methyl sites for hydroxylation is 1. The first-order valence-electron chi connectivity index (χ1n) is 10.7. The maximum absolute atomic E-state index is 12.6. The molecule has 7 heteroatoms. The molecule has 0 atom stereocenters. The van der Waals surface area contributed by atoms with Gasteiger partial charge in [0.15, 0.2) is 0 Å². The Morgan fingerprint density at radius 1 is 1.17 bits per heavy atom. The van der Waals surface area contributed by atoms with E-state index in [-0.39, 0.29) is 5.91 Å². The van der Waals surface area contributed by atoms with Crippen molar-refractivity contribution in [2.75, 3.05) is 31.1 Å². The van der Waals surface area contributed by atoms with Crippen molar-refractivity contribution in [2.24, 2.45) is 5.92 Å². The largest absolute Gasteiger partial charge is 0.371 e. The second-order valence-electron chi connectivity index (χ2n) is 8.17. The number of rotatable bonds is 6. The normalized spacial score (nSPS) is 16.8. The minimum absolute atomic E-state index is 0.190. The number of aromatic nitrogens is 2. The summed E-state index contributed by atoms with van der Waals surface area (Å²) < 4.78 is 5.31. The van der Waals surface area contributed by atoms with Gasteiger partial charge in [-0.15, -0.1) is 0 Å². The van der Waals surface area contributed by atoms with E-state index in [1.54, 1.807) is 11.3 Å². The van der Waals surface area contributed by atoms with Crippen LogP contribution in [0.2, 0.25) is 0 Å². The van der Waals surface area contributed by atoms with Crippen molar-refractivity contribution in [1.82, 2.24) is 15.0 Å². The second kappa shape index (κ2) is 8.60. The number of carbonyl (C=O) groups is 1. The quantitative estimate of drug-likeness (QED) is 0.600. The van der Waals surface area contributed by atoms with Gasteiger partial charge in [0, 0.05) is 55.7 Å². The molecule has 2 aromatic heterocycles. The van der Waals surface area contributed by atoms with Gasteiger partial charge in [0.05, 0.1) is 0 Å². The molecular weight excluding hydrogens is 396 g/mol. The lowest BCUT2D eigenvalue weighted by Gasteiger charge is -2.34. The zero-order valence-corrected chi connectivity index (χ0v) is 17.8. The van der Waals surface area contributed by atoms with Gasteiger partial charge in [0.2, 0.25) is 17.6 Å². The number of anilines is 1. The third-order valence-corrected chi connectivity index (χ3v) is 6.91. The summed E-state index contributed by atoms with van der Waals surface area (Å²) in [5, 5.41) is 7.99. The number of benzene rings is 1. The number of amides is 1. The van der Waals surface area contributed by atoms with Gasteiger partial charge in [-0.1, -0.05) is 23.4 Å². The third kappa shape index (κ3) is 4.12. The molecule has 1 aromatic carbocycles. The van der Waals surface area contributed by atoms with Crippen LogP contribution in [0.3, 0.4) is 0 Å². The Hall–Kier alpha value is -2.67. The van der Waals surface area contributed by atoms with Crippen LogP contribution in [-0.4, -0.2) is 47.1 Å². The molecule has 0 N–H and O–H groups in total. The summed E-state index contributed by atoms with van der Waals surface area (Å²) in [4.78, 5) is 21.6. The minimum Gasteiger partial charge on any atom is -0.371 e. The highest BCUT2D eigenvalue weighted by Crippen LogP contribution is 2.30. The Bertz CT molecular complexity index is 992. The lowest BCUT2D eigenvalue weighted by molar-refractivity contribution is -0.132. The summed E-state index contributed by atoms with van der Waals surface area (Å²) >= 11 is 1.60. The highest BCUT2D eigenvalue weighted by atomic mass is 32.1. The predicted octanol–water partition coefficient (Wildman–Crippen LogP) is 4.03. The molecule has 0 unspecified atom stereocenters. The van der Waals surface area contributed by atoms with Gasteiger partial charge in [0.1, 0.15) is 0 Å². The van der Waals surface area contributed by atoms with Gasteiger partial charge in [0.25, 0.3) is 0 Å². The summed E-state index contributed by atoms with van der Waals surface area (Å²) in [5.74, 6) is 1.98. The molecule has 0 aliphatic carbocycles. The summed E-state index contributed by atoms with van der Waals surface area (Å²) in [6, 6.07) is 10.7. The van der Waals surface area contributed by atoms with Crippen molar-refractivity contribution in [3.05, 3.63) is 52.5 Å². The summed E-state index contributed by atoms with van der Waals surface area (Å²) in [6.07, 6.45) is 4.23. The Labute approximate surface area is 180 Å². The summed E-state index contributed by atoms with van der Waals surface area (Å²) in [6.45, 7) is 3.92. The zero-order chi connectivity index (χ0) is 20.3. The van der Waals surface area contributed by atoms with Gasteiger partial charge in [-0.05, 0) is 48.3 Å². The van der Waals surface area contributed by atoms with E-state index in [4.69, 9.17) is 4.52 Å². The fraction of sp³-hybridized carbons (Fsp3) is 0.435. The van der Waals surface area contributed by atoms with Crippen molar-refractivity contribution in [1.29, 1.82) is 0 Å². The number of nitrogens with zero attached hydrogens (tertiary/aromatic N) is 4. The van der Waals surface area contributed by atoms with Gasteiger partial charge >= 0.3 is 0 Å². The number of hydrogen-bond donors (Lipinski definition) is 0. The number of fused-ring (bicyclic) bond motifs is 1. The Morgan fingerprint density at radius 2 is 2.03 bits per heavy atom. The van der Waals surface area contributed by atoms with Crippen LogP contribution in [0, 0.1) is 5.92 Å². The highest BCUT2D eigenvalue weighted by molar-refractivity contribution is 7.08. The van der Waals surface area contributed by atoms with E-state index in [2.05, 4.69) is 39.3 Å². The molecule has 5 rings (SSSR count). The van der Waals surface area contributed by atoms with Crippen LogP contribution in [0.25, 0.3) is 11.4 Å². The molecule has 1 amide bonds. The second-order valence-corrected chi connectivity index (χ2v) is 8.95. The third-order valence-electron chi connectivity index (χ3n) is 6.23. The van der Waals surface area contributed by atoms with Crippen molar-refractivity contribution in [2.45, 2.75) is 32.1 Å². The molecule has 6 nitrogen and oxygen atoms in total. The van der Waals surface area contributed by atoms with E-state index in [0.717, 1.165) is 51.0 Å². The first kappa shape index (κ1) is 19.3. The fourth-order valence-corrected chi connectivity index (χ4v) is 5.14. The van der Waals surface area contributed by atoms with E-state index in [0.29, 0.717) is 30.5 Å².